The molecule has 2 heterocycles. The largest absolute Gasteiger partial charge is 0.474 e. The molecule has 0 radical (unpaired) electrons. The van der Waals surface area contributed by atoms with Crippen molar-refractivity contribution in [2.24, 2.45) is 0 Å². The third kappa shape index (κ3) is 4.76. The molecule has 1 aromatic carbocycles. The Labute approximate surface area is 175 Å². The van der Waals surface area contributed by atoms with Gasteiger partial charge in [0, 0.05) is 24.5 Å². The van der Waals surface area contributed by atoms with Gasteiger partial charge in [-0.25, -0.2) is 4.98 Å². The summed E-state index contributed by atoms with van der Waals surface area (Å²) >= 11 is 0. The van der Waals surface area contributed by atoms with Crippen LogP contribution in [0.4, 0.5) is 0 Å². The lowest BCUT2D eigenvalue weighted by molar-refractivity contribution is 0.0949. The summed E-state index contributed by atoms with van der Waals surface area (Å²) in [6, 6.07) is 14.8. The Bertz CT molecular complexity index is 1080. The van der Waals surface area contributed by atoms with Crippen molar-refractivity contribution >= 4 is 5.91 Å². The normalized spacial score (nSPS) is 13.9. The first kappa shape index (κ1) is 19.9. The van der Waals surface area contributed by atoms with Gasteiger partial charge in [0.2, 0.25) is 5.88 Å². The van der Waals surface area contributed by atoms with Gasteiger partial charge in [-0.1, -0.05) is 29.8 Å². The van der Waals surface area contributed by atoms with Gasteiger partial charge in [0.15, 0.2) is 0 Å². The number of rotatable bonds is 6. The van der Waals surface area contributed by atoms with E-state index in [1.165, 1.54) is 12.8 Å². The quantitative estimate of drug-likeness (QED) is 0.652. The van der Waals surface area contributed by atoms with Crippen molar-refractivity contribution in [3.63, 3.8) is 0 Å². The van der Waals surface area contributed by atoms with Gasteiger partial charge in [-0.15, -0.1) is 0 Å². The molecule has 2 N–H and O–H groups in total. The van der Waals surface area contributed by atoms with Crippen molar-refractivity contribution in [2.45, 2.75) is 45.3 Å². The lowest BCUT2D eigenvalue weighted by Crippen LogP contribution is -2.29. The van der Waals surface area contributed by atoms with Crippen LogP contribution in [0.15, 0.2) is 59.5 Å². The number of H-pyrrole nitrogens is 1. The standard InChI is InChI=1S/C24H25N3O3/c1-16-5-4-6-18(13-16)21-11-10-20(24(29)27-21)23(28)26-15-17-9-12-22(25-14-17)30-19-7-2-3-8-19/h4-6,9-14,19H,2-3,7-8,15H2,1H3,(H,26,28)(H,27,29). The molecule has 0 bridgehead atoms. The van der Waals surface area contributed by atoms with Crippen LogP contribution in [-0.4, -0.2) is 22.0 Å². The minimum atomic E-state index is -0.418. The average Bonchev–Trinajstić information content (AvgIpc) is 3.26. The van der Waals surface area contributed by atoms with Gasteiger partial charge in [0.05, 0.1) is 0 Å². The van der Waals surface area contributed by atoms with Crippen LogP contribution in [0.3, 0.4) is 0 Å². The van der Waals surface area contributed by atoms with Crippen LogP contribution >= 0.6 is 0 Å². The van der Waals surface area contributed by atoms with Crippen molar-refractivity contribution in [1.29, 1.82) is 0 Å². The first-order valence-corrected chi connectivity index (χ1v) is 10.3. The predicted molar refractivity (Wildman–Crippen MR) is 116 cm³/mol. The Hall–Kier alpha value is -3.41. The Morgan fingerprint density at radius 1 is 1.17 bits per heavy atom. The summed E-state index contributed by atoms with van der Waals surface area (Å²) in [6.07, 6.45) is 6.53. The van der Waals surface area contributed by atoms with Crippen LogP contribution in [-0.2, 0) is 6.54 Å². The molecule has 6 heteroatoms. The summed E-state index contributed by atoms with van der Waals surface area (Å²) in [7, 11) is 0. The molecule has 0 aliphatic heterocycles. The highest BCUT2D eigenvalue weighted by Crippen LogP contribution is 2.23. The van der Waals surface area contributed by atoms with Crippen LogP contribution in [0.25, 0.3) is 11.3 Å². The first-order chi connectivity index (χ1) is 14.6. The Kier molecular flexibility index (Phi) is 5.93. The molecule has 0 atom stereocenters. The minimum Gasteiger partial charge on any atom is -0.474 e. The number of nitrogens with one attached hydrogen (secondary N) is 2. The topological polar surface area (TPSA) is 84.1 Å². The van der Waals surface area contributed by atoms with E-state index in [4.69, 9.17) is 4.74 Å². The van der Waals surface area contributed by atoms with Crippen molar-refractivity contribution in [3.05, 3.63) is 81.8 Å². The first-order valence-electron chi connectivity index (χ1n) is 10.3. The fourth-order valence-electron chi connectivity index (χ4n) is 3.67. The minimum absolute atomic E-state index is 0.0838. The van der Waals surface area contributed by atoms with Crippen LogP contribution in [0.1, 0.15) is 47.2 Å². The maximum absolute atomic E-state index is 12.5. The van der Waals surface area contributed by atoms with Gasteiger partial charge in [0.1, 0.15) is 11.7 Å². The molecule has 0 spiro atoms. The number of pyridine rings is 2. The molecule has 1 saturated carbocycles. The SMILES string of the molecule is Cc1cccc(-c2ccc(C(=O)NCc3ccc(OC4CCCC4)nc3)c(=O)[nH]2)c1. The third-order valence-electron chi connectivity index (χ3n) is 5.32. The molecule has 3 aromatic rings. The molecule has 1 aliphatic rings. The molecule has 2 aromatic heterocycles. The smallest absolute Gasteiger partial charge is 0.261 e. The number of nitrogens with zero attached hydrogens (tertiary/aromatic N) is 1. The number of amides is 1. The highest BCUT2D eigenvalue weighted by Gasteiger charge is 2.17. The summed E-state index contributed by atoms with van der Waals surface area (Å²) in [6.45, 7) is 2.28. The molecule has 1 fully saturated rings. The van der Waals surface area contributed by atoms with Gasteiger partial charge in [-0.3, -0.25) is 9.59 Å². The Morgan fingerprint density at radius 2 is 2.00 bits per heavy atom. The number of aryl methyl sites for hydroxylation is 1. The molecule has 1 amide bonds. The number of hydrogen-bond donors (Lipinski definition) is 2. The van der Waals surface area contributed by atoms with E-state index >= 15 is 0 Å². The van der Waals surface area contributed by atoms with Gasteiger partial charge in [-0.05, 0) is 61.9 Å². The monoisotopic (exact) mass is 403 g/mol. The summed E-state index contributed by atoms with van der Waals surface area (Å²) in [4.78, 5) is 32.0. The number of aromatic amines is 1. The van der Waals surface area contributed by atoms with E-state index in [2.05, 4.69) is 15.3 Å². The summed E-state index contributed by atoms with van der Waals surface area (Å²) in [5, 5.41) is 2.78. The Balaban J connectivity index is 1.37. The molecule has 0 saturated heterocycles. The lowest BCUT2D eigenvalue weighted by atomic mass is 10.1. The Morgan fingerprint density at radius 3 is 2.70 bits per heavy atom. The third-order valence-corrected chi connectivity index (χ3v) is 5.32. The van der Waals surface area contributed by atoms with Crippen molar-refractivity contribution in [1.82, 2.24) is 15.3 Å². The second-order valence-corrected chi connectivity index (χ2v) is 7.70. The van der Waals surface area contributed by atoms with Gasteiger partial charge < -0.3 is 15.0 Å². The van der Waals surface area contributed by atoms with Crippen LogP contribution in [0, 0.1) is 6.92 Å². The average molecular weight is 403 g/mol. The summed E-state index contributed by atoms with van der Waals surface area (Å²) in [5.74, 6) is 0.193. The van der Waals surface area contributed by atoms with E-state index in [0.717, 1.165) is 29.5 Å². The van der Waals surface area contributed by atoms with Crippen LogP contribution in [0.5, 0.6) is 5.88 Å². The van der Waals surface area contributed by atoms with Crippen molar-refractivity contribution in [3.8, 4) is 17.1 Å². The highest BCUT2D eigenvalue weighted by atomic mass is 16.5. The molecule has 6 nitrogen and oxygen atoms in total. The zero-order chi connectivity index (χ0) is 20.9. The second-order valence-electron chi connectivity index (χ2n) is 7.70. The maximum Gasteiger partial charge on any atom is 0.261 e. The maximum atomic E-state index is 12.5. The van der Waals surface area contributed by atoms with Gasteiger partial charge in [-0.2, -0.15) is 0 Å². The van der Waals surface area contributed by atoms with Crippen molar-refractivity contribution in [2.75, 3.05) is 0 Å². The number of hydrogen-bond acceptors (Lipinski definition) is 4. The molecule has 4 rings (SSSR count). The van der Waals surface area contributed by atoms with E-state index in [-0.39, 0.29) is 18.2 Å². The van der Waals surface area contributed by atoms with E-state index in [1.54, 1.807) is 18.3 Å². The molecular formula is C24H25N3O3. The zero-order valence-corrected chi connectivity index (χ0v) is 17.0. The zero-order valence-electron chi connectivity index (χ0n) is 17.0. The van der Waals surface area contributed by atoms with Gasteiger partial charge in [0.25, 0.3) is 11.5 Å². The van der Waals surface area contributed by atoms with E-state index in [9.17, 15) is 9.59 Å². The molecule has 0 unspecified atom stereocenters. The number of aromatic nitrogens is 2. The number of carbonyl (C=O) groups excluding carboxylic acids is 1. The second kappa shape index (κ2) is 8.95. The predicted octanol–water partition coefficient (Wildman–Crippen LogP) is 4.00. The fourth-order valence-corrected chi connectivity index (χ4v) is 3.67. The lowest BCUT2D eigenvalue weighted by Gasteiger charge is -2.12. The van der Waals surface area contributed by atoms with E-state index < -0.39 is 11.5 Å². The summed E-state index contributed by atoms with van der Waals surface area (Å²) < 4.78 is 5.85. The molecule has 1 aliphatic carbocycles. The van der Waals surface area contributed by atoms with Crippen LogP contribution < -0.4 is 15.6 Å². The molecule has 30 heavy (non-hydrogen) atoms. The molecule has 154 valence electrons. The van der Waals surface area contributed by atoms with Gasteiger partial charge >= 0.3 is 0 Å². The highest BCUT2D eigenvalue weighted by molar-refractivity contribution is 5.94. The number of carbonyl (C=O) groups is 1. The molecular weight excluding hydrogens is 378 g/mol. The number of ether oxygens (including phenoxy) is 1. The van der Waals surface area contributed by atoms with Crippen LogP contribution in [0.2, 0.25) is 0 Å². The summed E-state index contributed by atoms with van der Waals surface area (Å²) in [5.41, 5.74) is 3.20. The van der Waals surface area contributed by atoms with Crippen molar-refractivity contribution < 1.29 is 9.53 Å². The number of benzene rings is 1. The fraction of sp³-hybridized carbons (Fsp3) is 0.292. The van der Waals surface area contributed by atoms with E-state index in [1.807, 2.05) is 43.3 Å². The van der Waals surface area contributed by atoms with E-state index in [0.29, 0.717) is 11.6 Å².